The van der Waals surface area contributed by atoms with Crippen LogP contribution in [0.5, 0.6) is 0 Å². The topological polar surface area (TPSA) is 52.0 Å². The quantitative estimate of drug-likeness (QED) is 0.597. The Kier molecular flexibility index (Phi) is 4.26. The van der Waals surface area contributed by atoms with Crippen molar-refractivity contribution in [1.29, 1.82) is 0 Å². The zero-order chi connectivity index (χ0) is 14.9. The number of benzene rings is 1. The molecule has 0 aliphatic carbocycles. The molecule has 7 heteroatoms. The molecule has 1 heterocycles. The number of aryl methyl sites for hydroxylation is 1. The van der Waals surface area contributed by atoms with E-state index in [1.807, 2.05) is 22.6 Å². The van der Waals surface area contributed by atoms with Gasteiger partial charge in [-0.15, -0.1) is 0 Å². The fourth-order valence-corrected chi connectivity index (χ4v) is 2.06. The predicted molar refractivity (Wildman–Crippen MR) is 76.6 cm³/mol. The predicted octanol–water partition coefficient (Wildman–Crippen LogP) is 2.32. The van der Waals surface area contributed by atoms with E-state index < -0.39 is 17.4 Å². The van der Waals surface area contributed by atoms with Gasteiger partial charge in [0.15, 0.2) is 5.78 Å². The third-order valence-electron chi connectivity index (χ3n) is 2.70. The Hall–Kier alpha value is -1.64. The summed E-state index contributed by atoms with van der Waals surface area (Å²) in [5.41, 5.74) is -0.0601. The Morgan fingerprint density at radius 1 is 1.40 bits per heavy atom. The fourth-order valence-electron chi connectivity index (χ4n) is 1.61. The molecule has 0 aliphatic heterocycles. The highest BCUT2D eigenvalue weighted by molar-refractivity contribution is 14.1. The molecule has 0 unspecified atom stereocenters. The van der Waals surface area contributed by atoms with Crippen molar-refractivity contribution >= 4 is 28.4 Å². The number of carbonyl (C=O) groups is 1. The van der Waals surface area contributed by atoms with Crippen LogP contribution < -0.4 is 5.56 Å². The lowest BCUT2D eigenvalue weighted by molar-refractivity contribution is 0.0966. The van der Waals surface area contributed by atoms with Crippen molar-refractivity contribution < 1.29 is 13.6 Å². The van der Waals surface area contributed by atoms with Crippen LogP contribution in [-0.2, 0) is 6.54 Å². The summed E-state index contributed by atoms with van der Waals surface area (Å²) in [4.78, 5) is 27.8. The van der Waals surface area contributed by atoms with Crippen LogP contribution >= 0.6 is 22.6 Å². The summed E-state index contributed by atoms with van der Waals surface area (Å²) in [6, 6.07) is 2.69. The van der Waals surface area contributed by atoms with Crippen LogP contribution in [0.1, 0.15) is 16.1 Å². The Labute approximate surface area is 126 Å². The van der Waals surface area contributed by atoms with Crippen molar-refractivity contribution in [3.63, 3.8) is 0 Å². The SMILES string of the molecule is Cc1ncn(CC(=O)c2ccc(F)cc2F)c(=O)c1I. The highest BCUT2D eigenvalue weighted by Crippen LogP contribution is 2.11. The molecule has 0 atom stereocenters. The van der Waals surface area contributed by atoms with Gasteiger partial charge in [-0.1, -0.05) is 0 Å². The van der Waals surface area contributed by atoms with Crippen molar-refractivity contribution in [2.75, 3.05) is 0 Å². The van der Waals surface area contributed by atoms with Gasteiger partial charge < -0.3 is 0 Å². The molecule has 0 amide bonds. The molecule has 4 nitrogen and oxygen atoms in total. The van der Waals surface area contributed by atoms with Crippen molar-refractivity contribution in [2.45, 2.75) is 13.5 Å². The van der Waals surface area contributed by atoms with Gasteiger partial charge in [-0.3, -0.25) is 14.2 Å². The second-order valence-electron chi connectivity index (χ2n) is 4.12. The summed E-state index contributed by atoms with van der Waals surface area (Å²) in [7, 11) is 0. The first-order valence-corrected chi connectivity index (χ1v) is 6.68. The standard InChI is InChI=1S/C13H9F2IN2O2/c1-7-12(16)13(20)18(6-17-7)5-11(19)9-3-2-8(14)4-10(9)15/h2-4,6H,5H2,1H3. The molecule has 104 valence electrons. The normalized spacial score (nSPS) is 10.6. The highest BCUT2D eigenvalue weighted by Gasteiger charge is 2.15. The first-order chi connectivity index (χ1) is 9.40. The van der Waals surface area contributed by atoms with E-state index in [4.69, 9.17) is 0 Å². The molecule has 0 radical (unpaired) electrons. The van der Waals surface area contributed by atoms with Crippen LogP contribution in [0.2, 0.25) is 0 Å². The maximum atomic E-state index is 13.5. The molecule has 2 aromatic rings. The second kappa shape index (κ2) is 5.78. The zero-order valence-electron chi connectivity index (χ0n) is 10.4. The third kappa shape index (κ3) is 2.92. The fraction of sp³-hybridized carbons (Fsp3) is 0.154. The maximum Gasteiger partial charge on any atom is 0.267 e. The number of hydrogen-bond donors (Lipinski definition) is 0. The number of hydrogen-bond acceptors (Lipinski definition) is 3. The van der Waals surface area contributed by atoms with Crippen molar-refractivity contribution in [3.05, 3.63) is 61.3 Å². The van der Waals surface area contributed by atoms with Gasteiger partial charge in [0, 0.05) is 6.07 Å². The van der Waals surface area contributed by atoms with Crippen LogP contribution in [0.25, 0.3) is 0 Å². The number of halogens is 3. The van der Waals surface area contributed by atoms with Crippen LogP contribution in [0.15, 0.2) is 29.3 Å². The molecule has 0 saturated heterocycles. The van der Waals surface area contributed by atoms with Crippen molar-refractivity contribution in [1.82, 2.24) is 9.55 Å². The van der Waals surface area contributed by atoms with Gasteiger partial charge in [0.2, 0.25) is 0 Å². The van der Waals surface area contributed by atoms with E-state index >= 15 is 0 Å². The summed E-state index contributed by atoms with van der Waals surface area (Å²) < 4.78 is 27.8. The highest BCUT2D eigenvalue weighted by atomic mass is 127. The Morgan fingerprint density at radius 3 is 2.75 bits per heavy atom. The lowest BCUT2D eigenvalue weighted by Gasteiger charge is -2.07. The van der Waals surface area contributed by atoms with Crippen LogP contribution in [0.4, 0.5) is 8.78 Å². The summed E-state index contributed by atoms with van der Waals surface area (Å²) in [6.07, 6.45) is 1.24. The van der Waals surface area contributed by atoms with Gasteiger partial charge in [0.25, 0.3) is 5.56 Å². The average Bonchev–Trinajstić information content (AvgIpc) is 2.39. The molecule has 0 fully saturated rings. The lowest BCUT2D eigenvalue weighted by Crippen LogP contribution is -2.27. The van der Waals surface area contributed by atoms with Crippen LogP contribution in [-0.4, -0.2) is 15.3 Å². The molecule has 0 bridgehead atoms. The van der Waals surface area contributed by atoms with Gasteiger partial charge in [-0.05, 0) is 41.6 Å². The van der Waals surface area contributed by atoms with Crippen molar-refractivity contribution in [2.24, 2.45) is 0 Å². The van der Waals surface area contributed by atoms with E-state index in [0.29, 0.717) is 15.3 Å². The van der Waals surface area contributed by atoms with E-state index in [1.54, 1.807) is 6.92 Å². The van der Waals surface area contributed by atoms with E-state index in [9.17, 15) is 18.4 Å². The molecular weight excluding hydrogens is 381 g/mol. The summed E-state index contributed by atoms with van der Waals surface area (Å²) >= 11 is 1.84. The van der Waals surface area contributed by atoms with Gasteiger partial charge in [-0.2, -0.15) is 0 Å². The molecule has 0 aliphatic rings. The molecule has 2 rings (SSSR count). The molecule has 0 saturated carbocycles. The van der Waals surface area contributed by atoms with E-state index in [2.05, 4.69) is 4.98 Å². The first kappa shape index (κ1) is 14.8. The average molecular weight is 390 g/mol. The smallest absolute Gasteiger partial charge is 0.267 e. The van der Waals surface area contributed by atoms with E-state index in [-0.39, 0.29) is 17.7 Å². The minimum absolute atomic E-state index is 0.256. The molecular formula is C13H9F2IN2O2. The van der Waals surface area contributed by atoms with Gasteiger partial charge in [0.1, 0.15) is 11.6 Å². The molecule has 0 N–H and O–H groups in total. The second-order valence-corrected chi connectivity index (χ2v) is 5.20. The van der Waals surface area contributed by atoms with E-state index in [0.717, 1.165) is 16.7 Å². The lowest BCUT2D eigenvalue weighted by atomic mass is 10.1. The monoisotopic (exact) mass is 390 g/mol. The van der Waals surface area contributed by atoms with Gasteiger partial charge >= 0.3 is 0 Å². The summed E-state index contributed by atoms with van der Waals surface area (Å²) in [5.74, 6) is -2.33. The number of carbonyl (C=O) groups excluding carboxylic acids is 1. The number of aromatic nitrogens is 2. The minimum Gasteiger partial charge on any atom is -0.292 e. The number of nitrogens with zero attached hydrogens (tertiary/aromatic N) is 2. The molecule has 1 aromatic carbocycles. The van der Waals surface area contributed by atoms with Crippen LogP contribution in [0, 0.1) is 22.1 Å². The Morgan fingerprint density at radius 2 is 2.10 bits per heavy atom. The number of ketones is 1. The molecule has 20 heavy (non-hydrogen) atoms. The van der Waals surface area contributed by atoms with Crippen molar-refractivity contribution in [3.8, 4) is 0 Å². The molecule has 1 aromatic heterocycles. The molecule has 0 spiro atoms. The van der Waals surface area contributed by atoms with E-state index in [1.165, 1.54) is 6.33 Å². The van der Waals surface area contributed by atoms with Gasteiger partial charge in [0.05, 0.1) is 27.7 Å². The maximum absolute atomic E-state index is 13.5. The number of rotatable bonds is 3. The van der Waals surface area contributed by atoms with Gasteiger partial charge in [-0.25, -0.2) is 13.8 Å². The number of Topliss-reactive ketones (excluding diaryl/α,β-unsaturated/α-hetero) is 1. The van der Waals surface area contributed by atoms with Crippen LogP contribution in [0.3, 0.4) is 0 Å². The zero-order valence-corrected chi connectivity index (χ0v) is 12.5. The Bertz CT molecular complexity index is 744. The summed E-state index contributed by atoms with van der Waals surface area (Å²) in [6.45, 7) is 1.33. The minimum atomic E-state index is -0.946. The largest absolute Gasteiger partial charge is 0.292 e. The third-order valence-corrected chi connectivity index (χ3v) is 3.94. The Balaban J connectivity index is 2.33. The summed E-state index contributed by atoms with van der Waals surface area (Å²) in [5, 5.41) is 0. The first-order valence-electron chi connectivity index (χ1n) is 5.60.